The van der Waals surface area contributed by atoms with Gasteiger partial charge in [-0.2, -0.15) is 0 Å². The molecular weight excluding hydrogens is 584 g/mol. The van der Waals surface area contributed by atoms with Crippen LogP contribution in [0, 0.1) is 6.92 Å². The molecule has 2 aliphatic heterocycles. The van der Waals surface area contributed by atoms with Crippen molar-refractivity contribution in [1.29, 1.82) is 0 Å². The third-order valence-electron chi connectivity index (χ3n) is 9.18. The number of amides is 2. The van der Waals surface area contributed by atoms with E-state index in [4.69, 9.17) is 9.47 Å². The van der Waals surface area contributed by atoms with Crippen LogP contribution < -0.4 is 19.3 Å². The summed E-state index contributed by atoms with van der Waals surface area (Å²) >= 11 is 0. The second-order valence-electron chi connectivity index (χ2n) is 12.4. The summed E-state index contributed by atoms with van der Waals surface area (Å²) in [4.78, 5) is 29.9. The molecule has 2 heterocycles. The first-order chi connectivity index (χ1) is 22.6. The molecule has 232 valence electrons. The minimum Gasteiger partial charge on any atom is -0.497 e. The van der Waals surface area contributed by atoms with Crippen molar-refractivity contribution in [1.82, 2.24) is 0 Å². The first-order valence-electron chi connectivity index (χ1n) is 15.4. The summed E-state index contributed by atoms with van der Waals surface area (Å²) in [6.07, 6.45) is 0. The number of rotatable bonds is 7. The average Bonchev–Trinajstić information content (AvgIpc) is 3.48. The number of ether oxygens (including phenoxy) is 2. The van der Waals surface area contributed by atoms with Gasteiger partial charge in [-0.05, 0) is 96.9 Å². The van der Waals surface area contributed by atoms with Crippen molar-refractivity contribution < 1.29 is 19.1 Å². The molecule has 0 radical (unpaired) electrons. The largest absolute Gasteiger partial charge is 0.497 e. The van der Waals surface area contributed by atoms with Gasteiger partial charge in [-0.3, -0.25) is 19.4 Å². The summed E-state index contributed by atoms with van der Waals surface area (Å²) in [5.74, 6) is 1.85. The van der Waals surface area contributed by atoms with E-state index in [-0.39, 0.29) is 17.2 Å². The van der Waals surface area contributed by atoms with Gasteiger partial charge in [0.2, 0.25) is 0 Å². The van der Waals surface area contributed by atoms with Gasteiger partial charge >= 0.3 is 0 Å². The highest BCUT2D eigenvalue weighted by molar-refractivity contribution is 6.23. The molecule has 0 aromatic heterocycles. The number of hydrogen-bond acceptors (Lipinski definition) is 4. The van der Waals surface area contributed by atoms with Gasteiger partial charge in [-0.25, -0.2) is 0 Å². The molecule has 2 amide bonds. The highest BCUT2D eigenvalue weighted by Crippen LogP contribution is 2.41. The summed E-state index contributed by atoms with van der Waals surface area (Å²) in [5.41, 5.74) is 8.47. The Kier molecular flexibility index (Phi) is 7.09. The zero-order valence-electron chi connectivity index (χ0n) is 26.8. The normalized spacial score (nSPS) is 14.0. The Morgan fingerprint density at radius 2 is 1.00 bits per heavy atom. The number of nitrogens with zero attached hydrogens (tertiary/aromatic N) is 2. The van der Waals surface area contributed by atoms with Crippen LogP contribution in [0.25, 0.3) is 11.4 Å². The van der Waals surface area contributed by atoms with Gasteiger partial charge in [0.1, 0.15) is 17.2 Å². The van der Waals surface area contributed by atoms with E-state index in [9.17, 15) is 9.59 Å². The zero-order valence-corrected chi connectivity index (χ0v) is 26.8. The van der Waals surface area contributed by atoms with Crippen LogP contribution in [0.4, 0.5) is 11.4 Å². The molecule has 2 aliphatic rings. The molecule has 47 heavy (non-hydrogen) atoms. The smallest absolute Gasteiger partial charge is 0.263 e. The minimum absolute atomic E-state index is 0.116. The van der Waals surface area contributed by atoms with Crippen molar-refractivity contribution in [3.8, 4) is 17.2 Å². The number of methoxy groups -OCH3 is 1. The molecule has 0 atom stereocenters. The number of carbonyl (C=O) groups excluding carboxylic acids is 2. The molecule has 5 aromatic rings. The van der Waals surface area contributed by atoms with Gasteiger partial charge in [-0.1, -0.05) is 62.9 Å². The third kappa shape index (κ3) is 4.99. The van der Waals surface area contributed by atoms with Crippen molar-refractivity contribution in [3.63, 3.8) is 0 Å². The average molecular weight is 619 g/mol. The van der Waals surface area contributed by atoms with Crippen molar-refractivity contribution in [2.75, 3.05) is 16.9 Å². The minimum atomic E-state index is -0.208. The van der Waals surface area contributed by atoms with Gasteiger partial charge in [0, 0.05) is 39.0 Å². The van der Waals surface area contributed by atoms with Crippen LogP contribution in [-0.2, 0) is 5.41 Å². The number of fused-ring (bicyclic) bond motifs is 2. The molecule has 6 nitrogen and oxygen atoms in total. The van der Waals surface area contributed by atoms with Gasteiger partial charge in [0.05, 0.1) is 18.5 Å². The second-order valence-corrected chi connectivity index (χ2v) is 12.4. The number of carbonyl (C=O) groups is 2. The van der Waals surface area contributed by atoms with Crippen LogP contribution in [0.1, 0.15) is 62.4 Å². The van der Waals surface area contributed by atoms with E-state index < -0.39 is 0 Å². The van der Waals surface area contributed by atoms with E-state index in [1.165, 1.54) is 5.56 Å². The fraction of sp³-hybridized carbons (Fsp3) is 0.122. The third-order valence-corrected chi connectivity index (χ3v) is 9.18. The van der Waals surface area contributed by atoms with E-state index in [2.05, 4.69) is 51.3 Å². The number of hydrogen-bond donors (Lipinski definition) is 0. The predicted molar refractivity (Wildman–Crippen MR) is 187 cm³/mol. The van der Waals surface area contributed by atoms with Crippen molar-refractivity contribution in [3.05, 3.63) is 161 Å². The molecule has 0 fully saturated rings. The molecule has 0 aliphatic carbocycles. The maximum absolute atomic E-state index is 13.5. The molecule has 7 rings (SSSR count). The molecule has 0 saturated heterocycles. The summed E-state index contributed by atoms with van der Waals surface area (Å²) in [7, 11) is 1.67. The first-order valence-corrected chi connectivity index (χ1v) is 15.4. The standard InChI is InChI=1S/C41H34N2O4/c1-25-7-21-35-37(23-25)26(2)42(39(35)44)30-12-14-31(15-13-30)43-27(3)38-24-34(20-22-36(38)40(43)45)47-33-18-10-29(11-19-33)41(4,5)28-8-16-32(46-6)17-9-28/h7-24H,2-3H2,1,4-6H3. The van der Waals surface area contributed by atoms with Crippen molar-refractivity contribution in [2.45, 2.75) is 26.2 Å². The number of anilines is 2. The fourth-order valence-electron chi connectivity index (χ4n) is 6.37. The molecular formula is C41H34N2O4. The summed E-state index contributed by atoms with van der Waals surface area (Å²) in [5, 5.41) is 0. The highest BCUT2D eigenvalue weighted by atomic mass is 16.5. The van der Waals surface area contributed by atoms with Crippen LogP contribution in [0.15, 0.2) is 122 Å². The summed E-state index contributed by atoms with van der Waals surface area (Å²) in [6.45, 7) is 14.8. The Bertz CT molecular complexity index is 2090. The molecule has 0 unspecified atom stereocenters. The summed E-state index contributed by atoms with van der Waals surface area (Å²) < 4.78 is 11.5. The Morgan fingerprint density at radius 1 is 0.553 bits per heavy atom. The van der Waals surface area contributed by atoms with Crippen molar-refractivity contribution in [2.24, 2.45) is 0 Å². The lowest BCUT2D eigenvalue weighted by Gasteiger charge is -2.26. The lowest BCUT2D eigenvalue weighted by molar-refractivity contribution is 0.0997. The number of aryl methyl sites for hydroxylation is 1. The van der Waals surface area contributed by atoms with E-state index in [1.54, 1.807) is 29.0 Å². The highest BCUT2D eigenvalue weighted by Gasteiger charge is 2.35. The maximum Gasteiger partial charge on any atom is 0.263 e. The lowest BCUT2D eigenvalue weighted by Crippen LogP contribution is -2.23. The van der Waals surface area contributed by atoms with Crippen LogP contribution in [0.5, 0.6) is 17.2 Å². The fourth-order valence-corrected chi connectivity index (χ4v) is 6.37. The molecule has 5 aromatic carbocycles. The van der Waals surface area contributed by atoms with Crippen LogP contribution in [0.2, 0.25) is 0 Å². The SMILES string of the molecule is C=C1c2cc(C)ccc2C(=O)N1c1ccc(N2C(=C)c3cc(Oc4ccc(C(C)(C)c5ccc(OC)cc5)cc4)ccc3C2=O)cc1. The van der Waals surface area contributed by atoms with Gasteiger partial charge in [-0.15, -0.1) is 0 Å². The van der Waals surface area contributed by atoms with Gasteiger partial charge < -0.3 is 9.47 Å². The Morgan fingerprint density at radius 3 is 1.51 bits per heavy atom. The van der Waals surface area contributed by atoms with E-state index in [1.807, 2.05) is 79.7 Å². The van der Waals surface area contributed by atoms with E-state index >= 15 is 0 Å². The molecule has 0 bridgehead atoms. The van der Waals surface area contributed by atoms with Gasteiger partial charge in [0.25, 0.3) is 11.8 Å². The summed E-state index contributed by atoms with van der Waals surface area (Å²) in [6, 6.07) is 34.7. The van der Waals surface area contributed by atoms with Crippen LogP contribution in [0.3, 0.4) is 0 Å². The molecule has 0 N–H and O–H groups in total. The second kappa shape index (κ2) is 11.2. The Hall–Kier alpha value is -5.88. The van der Waals surface area contributed by atoms with Crippen LogP contribution in [-0.4, -0.2) is 18.9 Å². The topological polar surface area (TPSA) is 59.1 Å². The van der Waals surface area contributed by atoms with E-state index in [0.717, 1.165) is 22.4 Å². The Labute approximate surface area is 274 Å². The Balaban J connectivity index is 1.07. The van der Waals surface area contributed by atoms with E-state index in [0.29, 0.717) is 51.0 Å². The quantitative estimate of drug-likeness (QED) is 0.182. The predicted octanol–water partition coefficient (Wildman–Crippen LogP) is 9.38. The molecule has 0 saturated carbocycles. The zero-order chi connectivity index (χ0) is 33.0. The maximum atomic E-state index is 13.5. The first kappa shape index (κ1) is 29.8. The molecule has 0 spiro atoms. The monoisotopic (exact) mass is 618 g/mol. The molecule has 6 heteroatoms. The van der Waals surface area contributed by atoms with Crippen LogP contribution >= 0.6 is 0 Å². The van der Waals surface area contributed by atoms with Gasteiger partial charge in [0.15, 0.2) is 0 Å². The lowest BCUT2D eigenvalue weighted by atomic mass is 9.78. The van der Waals surface area contributed by atoms with Crippen molar-refractivity contribution >= 4 is 34.6 Å². The number of benzene rings is 5.